The SMILES string of the molecule is C#C[C@@H](C)N1C=CN=CC1. The van der Waals surface area contributed by atoms with Gasteiger partial charge in [-0.3, -0.25) is 4.99 Å². The Labute approximate surface area is 61.3 Å². The molecule has 10 heavy (non-hydrogen) atoms. The van der Waals surface area contributed by atoms with E-state index in [-0.39, 0.29) is 6.04 Å². The first-order valence-electron chi connectivity index (χ1n) is 3.25. The van der Waals surface area contributed by atoms with Crippen molar-refractivity contribution in [3.63, 3.8) is 0 Å². The van der Waals surface area contributed by atoms with Gasteiger partial charge in [0.1, 0.15) is 0 Å². The highest BCUT2D eigenvalue weighted by molar-refractivity contribution is 5.61. The van der Waals surface area contributed by atoms with Crippen molar-refractivity contribution in [2.24, 2.45) is 4.99 Å². The molecule has 2 nitrogen and oxygen atoms in total. The van der Waals surface area contributed by atoms with Crippen LogP contribution in [0.25, 0.3) is 0 Å². The van der Waals surface area contributed by atoms with Crippen LogP contribution in [0, 0.1) is 12.3 Å². The lowest BCUT2D eigenvalue weighted by molar-refractivity contribution is 0.389. The van der Waals surface area contributed by atoms with Crippen LogP contribution in [0.1, 0.15) is 6.92 Å². The topological polar surface area (TPSA) is 15.6 Å². The minimum absolute atomic E-state index is 0.169. The summed E-state index contributed by atoms with van der Waals surface area (Å²) in [5, 5.41) is 0. The standard InChI is InChI=1S/C8H10N2/c1-3-8(2)10-6-4-9-5-7-10/h1,4-6,8H,7H2,2H3/t8-/m1/s1. The molecule has 0 aliphatic carbocycles. The van der Waals surface area contributed by atoms with Crippen LogP contribution in [0.5, 0.6) is 0 Å². The Morgan fingerprint density at radius 2 is 2.60 bits per heavy atom. The molecule has 2 heteroatoms. The van der Waals surface area contributed by atoms with Crippen LogP contribution < -0.4 is 0 Å². The first-order chi connectivity index (χ1) is 4.84. The molecule has 0 amide bonds. The maximum atomic E-state index is 5.23. The summed E-state index contributed by atoms with van der Waals surface area (Å²) in [6.45, 7) is 2.81. The highest BCUT2D eigenvalue weighted by Gasteiger charge is 2.05. The summed E-state index contributed by atoms with van der Waals surface area (Å²) in [5.41, 5.74) is 0. The summed E-state index contributed by atoms with van der Waals surface area (Å²) < 4.78 is 0. The molecule has 1 aliphatic heterocycles. The van der Waals surface area contributed by atoms with Crippen LogP contribution in [0.4, 0.5) is 0 Å². The van der Waals surface area contributed by atoms with E-state index in [0.29, 0.717) is 0 Å². The second kappa shape index (κ2) is 3.07. The van der Waals surface area contributed by atoms with Crippen molar-refractivity contribution < 1.29 is 0 Å². The van der Waals surface area contributed by atoms with Crippen molar-refractivity contribution in [2.45, 2.75) is 13.0 Å². The lowest BCUT2D eigenvalue weighted by Gasteiger charge is -2.22. The molecule has 0 N–H and O–H groups in total. The molecule has 0 aromatic heterocycles. The second-order valence-electron chi connectivity index (χ2n) is 2.17. The third kappa shape index (κ3) is 1.38. The maximum Gasteiger partial charge on any atom is 0.0872 e. The monoisotopic (exact) mass is 134 g/mol. The average molecular weight is 134 g/mol. The Bertz CT molecular complexity index is 198. The molecule has 1 atom stereocenters. The Balaban J connectivity index is 2.52. The van der Waals surface area contributed by atoms with Crippen molar-refractivity contribution in [3.05, 3.63) is 12.4 Å². The minimum Gasteiger partial charge on any atom is -0.357 e. The highest BCUT2D eigenvalue weighted by Crippen LogP contribution is 2.00. The van der Waals surface area contributed by atoms with Gasteiger partial charge in [0, 0.05) is 18.6 Å². The van der Waals surface area contributed by atoms with Gasteiger partial charge in [0.2, 0.25) is 0 Å². The van der Waals surface area contributed by atoms with E-state index in [2.05, 4.69) is 10.9 Å². The summed E-state index contributed by atoms with van der Waals surface area (Å²) in [5.74, 6) is 2.65. The fraction of sp³-hybridized carbons (Fsp3) is 0.375. The third-order valence-corrected chi connectivity index (χ3v) is 1.48. The highest BCUT2D eigenvalue weighted by atomic mass is 15.1. The summed E-state index contributed by atoms with van der Waals surface area (Å²) in [7, 11) is 0. The molecule has 0 saturated heterocycles. The molecule has 0 radical (unpaired) electrons. The number of hydrogen-bond acceptors (Lipinski definition) is 2. The molecule has 0 aromatic rings. The van der Waals surface area contributed by atoms with E-state index < -0.39 is 0 Å². The largest absolute Gasteiger partial charge is 0.357 e. The first kappa shape index (κ1) is 6.88. The van der Waals surface area contributed by atoms with E-state index in [1.165, 1.54) is 0 Å². The lowest BCUT2D eigenvalue weighted by Crippen LogP contribution is -2.29. The van der Waals surface area contributed by atoms with Gasteiger partial charge in [-0.25, -0.2) is 0 Å². The maximum absolute atomic E-state index is 5.23. The molecule has 1 rings (SSSR count). The quantitative estimate of drug-likeness (QED) is 0.486. The second-order valence-corrected chi connectivity index (χ2v) is 2.17. The van der Waals surface area contributed by atoms with Crippen molar-refractivity contribution in [1.82, 2.24) is 4.90 Å². The van der Waals surface area contributed by atoms with Crippen LogP contribution in [-0.4, -0.2) is 23.7 Å². The van der Waals surface area contributed by atoms with E-state index in [1.54, 1.807) is 6.20 Å². The van der Waals surface area contributed by atoms with Crippen LogP contribution in [0.15, 0.2) is 17.4 Å². The average Bonchev–Trinajstić information content (AvgIpc) is 2.05. The first-order valence-corrected chi connectivity index (χ1v) is 3.25. The van der Waals surface area contributed by atoms with Crippen LogP contribution in [-0.2, 0) is 0 Å². The zero-order valence-electron chi connectivity index (χ0n) is 5.99. The fourth-order valence-electron chi connectivity index (χ4n) is 0.770. The predicted molar refractivity (Wildman–Crippen MR) is 42.6 cm³/mol. The molecule has 0 fully saturated rings. The van der Waals surface area contributed by atoms with E-state index in [4.69, 9.17) is 6.42 Å². The van der Waals surface area contributed by atoms with Gasteiger partial charge in [0.15, 0.2) is 0 Å². The normalized spacial score (nSPS) is 18.6. The molecular formula is C8H10N2. The Morgan fingerprint density at radius 1 is 1.80 bits per heavy atom. The molecule has 1 aliphatic rings. The van der Waals surface area contributed by atoms with Crippen LogP contribution >= 0.6 is 0 Å². The van der Waals surface area contributed by atoms with Gasteiger partial charge in [-0.15, -0.1) is 6.42 Å². The van der Waals surface area contributed by atoms with E-state index in [0.717, 1.165) is 6.54 Å². The molecule has 0 spiro atoms. The molecule has 0 bridgehead atoms. The Morgan fingerprint density at radius 3 is 3.10 bits per heavy atom. The lowest BCUT2D eigenvalue weighted by atomic mass is 10.3. The van der Waals surface area contributed by atoms with Gasteiger partial charge < -0.3 is 4.90 Å². The summed E-state index contributed by atoms with van der Waals surface area (Å²) in [6, 6.07) is 0.169. The number of terminal acetylenes is 1. The van der Waals surface area contributed by atoms with Crippen LogP contribution in [0.2, 0.25) is 0 Å². The number of aliphatic imine (C=N–C) groups is 1. The van der Waals surface area contributed by atoms with Crippen molar-refractivity contribution in [1.29, 1.82) is 0 Å². The minimum atomic E-state index is 0.169. The smallest absolute Gasteiger partial charge is 0.0872 e. The van der Waals surface area contributed by atoms with Gasteiger partial charge in [0.25, 0.3) is 0 Å². The van der Waals surface area contributed by atoms with Gasteiger partial charge in [-0.05, 0) is 6.92 Å². The van der Waals surface area contributed by atoms with Crippen molar-refractivity contribution in [3.8, 4) is 12.3 Å². The van der Waals surface area contributed by atoms with E-state index in [1.807, 2.05) is 24.2 Å². The van der Waals surface area contributed by atoms with E-state index >= 15 is 0 Å². The number of nitrogens with zero attached hydrogens (tertiary/aromatic N) is 2. The van der Waals surface area contributed by atoms with Crippen LogP contribution in [0.3, 0.4) is 0 Å². The summed E-state index contributed by atoms with van der Waals surface area (Å²) in [4.78, 5) is 5.98. The van der Waals surface area contributed by atoms with Gasteiger partial charge in [-0.2, -0.15) is 0 Å². The molecule has 52 valence electrons. The summed E-state index contributed by atoms with van der Waals surface area (Å²) >= 11 is 0. The van der Waals surface area contributed by atoms with Gasteiger partial charge in [0.05, 0.1) is 12.6 Å². The summed E-state index contributed by atoms with van der Waals surface area (Å²) in [6.07, 6.45) is 10.7. The van der Waals surface area contributed by atoms with Gasteiger partial charge in [-0.1, -0.05) is 5.92 Å². The molecule has 1 heterocycles. The predicted octanol–water partition coefficient (Wildman–Crippen LogP) is 0.866. The zero-order valence-corrected chi connectivity index (χ0v) is 5.99. The number of rotatable bonds is 1. The Hall–Kier alpha value is -1.23. The van der Waals surface area contributed by atoms with Gasteiger partial charge >= 0.3 is 0 Å². The fourth-order valence-corrected chi connectivity index (χ4v) is 0.770. The van der Waals surface area contributed by atoms with E-state index in [9.17, 15) is 0 Å². The molecule has 0 aromatic carbocycles. The number of hydrogen-bond donors (Lipinski definition) is 0. The molecular weight excluding hydrogens is 124 g/mol. The molecule has 0 unspecified atom stereocenters. The van der Waals surface area contributed by atoms with Crippen molar-refractivity contribution >= 4 is 6.21 Å². The zero-order chi connectivity index (χ0) is 7.40. The van der Waals surface area contributed by atoms with Crippen molar-refractivity contribution in [2.75, 3.05) is 6.54 Å². The Kier molecular flexibility index (Phi) is 2.11. The third-order valence-electron chi connectivity index (χ3n) is 1.48. The molecule has 0 saturated carbocycles.